The highest BCUT2D eigenvalue weighted by molar-refractivity contribution is 5.71. The van der Waals surface area contributed by atoms with Crippen LogP contribution >= 0.6 is 0 Å². The number of unbranched alkanes of at least 4 members (excludes halogenated alkanes) is 46. The summed E-state index contributed by atoms with van der Waals surface area (Å²) in [6.07, 6.45) is 80.3. The van der Waals surface area contributed by atoms with Gasteiger partial charge in [0.25, 0.3) is 0 Å². The highest BCUT2D eigenvalue weighted by atomic mass is 16.6. The maximum Gasteiger partial charge on any atom is 0.306 e. The van der Waals surface area contributed by atoms with E-state index >= 15 is 0 Å². The smallest absolute Gasteiger partial charge is 0.306 e. The van der Waals surface area contributed by atoms with Crippen LogP contribution in [-0.2, 0) is 28.6 Å². The minimum absolute atomic E-state index is 0.0742. The lowest BCUT2D eigenvalue weighted by atomic mass is 10.0. The van der Waals surface area contributed by atoms with E-state index in [-0.39, 0.29) is 31.1 Å². The zero-order chi connectivity index (χ0) is 55.0. The second-order valence-electron chi connectivity index (χ2n) is 23.1. The number of hydrogen-bond donors (Lipinski definition) is 0. The predicted molar refractivity (Wildman–Crippen MR) is 330 cm³/mol. The maximum absolute atomic E-state index is 12.9. The first-order valence-corrected chi connectivity index (χ1v) is 34.0. The van der Waals surface area contributed by atoms with Gasteiger partial charge >= 0.3 is 17.9 Å². The van der Waals surface area contributed by atoms with E-state index in [1.165, 1.54) is 257 Å². The molecule has 446 valence electrons. The number of carbonyl (C=O) groups excluding carboxylic acids is 3. The van der Waals surface area contributed by atoms with Gasteiger partial charge in [0.15, 0.2) is 6.10 Å². The van der Waals surface area contributed by atoms with Gasteiger partial charge in [0.2, 0.25) is 0 Å². The van der Waals surface area contributed by atoms with E-state index in [0.29, 0.717) is 19.3 Å². The molecule has 0 aliphatic heterocycles. The molecule has 0 radical (unpaired) electrons. The van der Waals surface area contributed by atoms with Gasteiger partial charge in [-0.15, -0.1) is 0 Å². The van der Waals surface area contributed by atoms with E-state index in [4.69, 9.17) is 14.2 Å². The van der Waals surface area contributed by atoms with Gasteiger partial charge in [0.1, 0.15) is 13.2 Å². The first-order valence-electron chi connectivity index (χ1n) is 34.0. The van der Waals surface area contributed by atoms with E-state index in [9.17, 15) is 14.4 Å². The van der Waals surface area contributed by atoms with E-state index < -0.39 is 6.10 Å². The van der Waals surface area contributed by atoms with E-state index in [2.05, 4.69) is 57.2 Å². The van der Waals surface area contributed by atoms with Crippen molar-refractivity contribution in [2.45, 2.75) is 380 Å². The largest absolute Gasteiger partial charge is 0.462 e. The van der Waals surface area contributed by atoms with Crippen molar-refractivity contribution in [1.82, 2.24) is 0 Å². The number of carbonyl (C=O) groups is 3. The Balaban J connectivity index is 4.24. The summed E-state index contributed by atoms with van der Waals surface area (Å²) in [5.41, 5.74) is 0. The summed E-state index contributed by atoms with van der Waals surface area (Å²) in [6.45, 7) is 6.65. The van der Waals surface area contributed by atoms with Gasteiger partial charge in [0.05, 0.1) is 0 Å². The van der Waals surface area contributed by atoms with Crippen LogP contribution in [0.4, 0.5) is 0 Å². The molecule has 0 bridgehead atoms. The van der Waals surface area contributed by atoms with E-state index in [1.807, 2.05) is 0 Å². The molecule has 0 N–H and O–H groups in total. The van der Waals surface area contributed by atoms with Crippen molar-refractivity contribution in [3.05, 3.63) is 36.5 Å². The Hall–Kier alpha value is -2.37. The van der Waals surface area contributed by atoms with Crippen molar-refractivity contribution in [2.75, 3.05) is 13.2 Å². The van der Waals surface area contributed by atoms with Crippen molar-refractivity contribution >= 4 is 17.9 Å². The molecule has 0 saturated carbocycles. The minimum atomic E-state index is -0.779. The molecule has 0 fully saturated rings. The molecular formula is C70H130O6. The number of rotatable bonds is 63. The minimum Gasteiger partial charge on any atom is -0.462 e. The second kappa shape index (κ2) is 65.2. The van der Waals surface area contributed by atoms with Gasteiger partial charge in [-0.3, -0.25) is 14.4 Å². The molecule has 1 atom stereocenters. The number of ether oxygens (including phenoxy) is 3. The van der Waals surface area contributed by atoms with Crippen molar-refractivity contribution in [1.29, 1.82) is 0 Å². The van der Waals surface area contributed by atoms with Gasteiger partial charge in [-0.25, -0.2) is 0 Å². The fraction of sp³-hybridized carbons (Fsp3) is 0.871. The Labute approximate surface area is 474 Å². The molecule has 0 amide bonds. The Kier molecular flexibility index (Phi) is 63.1. The normalized spacial score (nSPS) is 12.2. The molecule has 6 heteroatoms. The summed E-state index contributed by atoms with van der Waals surface area (Å²) in [6, 6.07) is 0. The summed E-state index contributed by atoms with van der Waals surface area (Å²) < 4.78 is 17.0. The van der Waals surface area contributed by atoms with E-state index in [0.717, 1.165) is 77.0 Å². The molecule has 76 heavy (non-hydrogen) atoms. The molecule has 0 aliphatic carbocycles. The standard InChI is InChI=1S/C70H130O6/c1-4-7-10-13-16-19-22-25-28-30-32-33-34-35-36-37-38-39-41-42-45-48-51-54-57-60-63-69(72)75-66-67(65-74-68(71)62-59-56-53-50-47-44-27-24-21-18-15-12-9-6-3)76-70(73)64-61-58-55-52-49-46-43-40-31-29-26-23-20-17-14-11-8-5-2/h15,18,24,27,29,31,67H,4-14,16-17,19-23,25-26,28,30,32-66H2,1-3H3/b18-15-,27-24-,31-29-. The number of allylic oxidation sites excluding steroid dienone is 6. The molecule has 0 saturated heterocycles. The first kappa shape index (κ1) is 73.6. The van der Waals surface area contributed by atoms with Crippen LogP contribution in [0.2, 0.25) is 0 Å². The Morgan fingerprint density at radius 2 is 0.487 bits per heavy atom. The van der Waals surface area contributed by atoms with Crippen LogP contribution in [0, 0.1) is 0 Å². The lowest BCUT2D eigenvalue weighted by molar-refractivity contribution is -0.167. The first-order chi connectivity index (χ1) is 37.5. The van der Waals surface area contributed by atoms with Crippen LogP contribution in [0.3, 0.4) is 0 Å². The fourth-order valence-corrected chi connectivity index (χ4v) is 10.2. The molecule has 0 aromatic rings. The van der Waals surface area contributed by atoms with Crippen molar-refractivity contribution in [3.63, 3.8) is 0 Å². The molecule has 0 heterocycles. The topological polar surface area (TPSA) is 78.9 Å². The Morgan fingerprint density at radius 3 is 0.776 bits per heavy atom. The lowest BCUT2D eigenvalue weighted by Crippen LogP contribution is -2.30. The van der Waals surface area contributed by atoms with Crippen LogP contribution in [0.15, 0.2) is 36.5 Å². The van der Waals surface area contributed by atoms with Crippen LogP contribution in [0.5, 0.6) is 0 Å². The Morgan fingerprint density at radius 1 is 0.263 bits per heavy atom. The summed E-state index contributed by atoms with van der Waals surface area (Å²) in [7, 11) is 0. The average Bonchev–Trinajstić information content (AvgIpc) is 3.42. The van der Waals surface area contributed by atoms with Crippen molar-refractivity contribution in [3.8, 4) is 0 Å². The van der Waals surface area contributed by atoms with Crippen LogP contribution in [0.1, 0.15) is 374 Å². The van der Waals surface area contributed by atoms with E-state index in [1.54, 1.807) is 0 Å². The monoisotopic (exact) mass is 1070 g/mol. The highest BCUT2D eigenvalue weighted by Gasteiger charge is 2.19. The number of hydrogen-bond acceptors (Lipinski definition) is 6. The molecule has 6 nitrogen and oxygen atoms in total. The number of esters is 3. The second-order valence-corrected chi connectivity index (χ2v) is 23.1. The SMILES string of the molecule is CCCC/C=C\C/C=C\CCCCCCCC(=O)OCC(COC(=O)CCCCCCCCCCCCCCCCCCCCCCCCCCCC)OC(=O)CCCCCCCCC/C=C\CCCCCCCCC. The fourth-order valence-electron chi connectivity index (χ4n) is 10.2. The van der Waals surface area contributed by atoms with Crippen molar-refractivity contribution < 1.29 is 28.6 Å². The molecule has 0 aromatic carbocycles. The van der Waals surface area contributed by atoms with Gasteiger partial charge in [-0.2, -0.15) is 0 Å². The predicted octanol–water partition coefficient (Wildman–Crippen LogP) is 23.2. The zero-order valence-corrected chi connectivity index (χ0v) is 51.3. The van der Waals surface area contributed by atoms with Crippen molar-refractivity contribution in [2.24, 2.45) is 0 Å². The van der Waals surface area contributed by atoms with Crippen LogP contribution in [-0.4, -0.2) is 37.2 Å². The molecule has 0 aliphatic rings. The molecule has 1 unspecified atom stereocenters. The molecule has 0 rings (SSSR count). The van der Waals surface area contributed by atoms with Gasteiger partial charge in [0, 0.05) is 19.3 Å². The van der Waals surface area contributed by atoms with Gasteiger partial charge < -0.3 is 14.2 Å². The summed E-state index contributed by atoms with van der Waals surface area (Å²) in [5, 5.41) is 0. The highest BCUT2D eigenvalue weighted by Crippen LogP contribution is 2.18. The summed E-state index contributed by atoms with van der Waals surface area (Å²) in [4.78, 5) is 38.3. The van der Waals surface area contributed by atoms with Gasteiger partial charge in [-0.1, -0.05) is 320 Å². The zero-order valence-electron chi connectivity index (χ0n) is 51.3. The molecule has 0 aromatic heterocycles. The quantitative estimate of drug-likeness (QED) is 0.0261. The van der Waals surface area contributed by atoms with Crippen LogP contribution in [0.25, 0.3) is 0 Å². The maximum atomic E-state index is 12.9. The third-order valence-corrected chi connectivity index (χ3v) is 15.4. The van der Waals surface area contributed by atoms with Gasteiger partial charge in [-0.05, 0) is 70.6 Å². The van der Waals surface area contributed by atoms with Crippen LogP contribution < -0.4 is 0 Å². The lowest BCUT2D eigenvalue weighted by Gasteiger charge is -2.18. The molecule has 0 spiro atoms. The summed E-state index contributed by atoms with van der Waals surface area (Å²) in [5.74, 6) is -0.868. The molecular weight excluding hydrogens is 937 g/mol. The third kappa shape index (κ3) is 62.5. The Bertz CT molecular complexity index is 1270. The third-order valence-electron chi connectivity index (χ3n) is 15.4. The average molecular weight is 1070 g/mol. The summed E-state index contributed by atoms with van der Waals surface area (Å²) >= 11 is 0.